The van der Waals surface area contributed by atoms with E-state index in [1.54, 1.807) is 0 Å². The first-order chi connectivity index (χ1) is 12.4. The Balaban J connectivity index is 0.00000210. The van der Waals surface area contributed by atoms with E-state index in [0.717, 1.165) is 57.2 Å². The molecule has 1 aliphatic heterocycles. The Labute approximate surface area is 204 Å². The fraction of sp³-hybridized carbons (Fsp3) is 0.632. The minimum absolute atomic E-state index is 0. The number of benzene rings is 1. The van der Waals surface area contributed by atoms with Gasteiger partial charge in [0.2, 0.25) is 0 Å². The van der Waals surface area contributed by atoms with Gasteiger partial charge in [-0.15, -0.1) is 0 Å². The van der Waals surface area contributed by atoms with Crippen LogP contribution in [0.1, 0.15) is 48.4 Å². The monoisotopic (exact) mass is 415 g/mol. The van der Waals surface area contributed by atoms with Crippen molar-refractivity contribution < 1.29 is 64.6 Å². The van der Waals surface area contributed by atoms with Gasteiger partial charge in [-0.05, 0) is 86.4 Å². The number of hydrogen-bond donors (Lipinski definition) is 1. The van der Waals surface area contributed by atoms with Gasteiger partial charge >= 0.3 is 51.4 Å². The van der Waals surface area contributed by atoms with Crippen LogP contribution in [0.3, 0.4) is 0 Å². The molecule has 1 aromatic carbocycles. The smallest absolute Gasteiger partial charge is 0.423 e. The first-order valence-electron chi connectivity index (χ1n) is 9.60. The Kier molecular flexibility index (Phi) is 7.09. The third-order valence-electron chi connectivity index (χ3n) is 6.02. The zero-order valence-corrected chi connectivity index (χ0v) is 20.2. The van der Waals surface area contributed by atoms with E-state index < -0.39 is 16.1 Å². The van der Waals surface area contributed by atoms with Crippen LogP contribution in [0.4, 0.5) is 10.5 Å². The van der Waals surface area contributed by atoms with E-state index in [-0.39, 0.29) is 57.1 Å². The summed E-state index contributed by atoms with van der Waals surface area (Å²) in [6.07, 6.45) is 7.23. The number of rotatable bonds is 5. The average Bonchev–Trinajstić information content (AvgIpc) is 3.21. The molecule has 1 unspecified atom stereocenters. The van der Waals surface area contributed by atoms with Crippen LogP contribution in [0.15, 0.2) is 6.07 Å². The minimum atomic E-state index is -3.75. The molecule has 0 bridgehead atoms. The molecular weight excluding hydrogens is 389 g/mol. The summed E-state index contributed by atoms with van der Waals surface area (Å²) in [5, 5.41) is 2.82. The number of hydrogen-bond acceptors (Lipinski definition) is 4. The molecule has 2 aliphatic carbocycles. The van der Waals surface area contributed by atoms with E-state index >= 15 is 0 Å². The number of likely N-dealkylation sites (tertiary alicyclic amines) is 1. The predicted molar refractivity (Wildman–Crippen MR) is 102 cm³/mol. The SMILES string of the molecule is CC1CCN1CCS(=O)(=O)[N-]C(=O)Nc1c2c(cc3c1CCC3)CCC2.[K+]. The van der Waals surface area contributed by atoms with Crippen LogP contribution in [0.2, 0.25) is 0 Å². The van der Waals surface area contributed by atoms with Crippen LogP contribution >= 0.6 is 0 Å². The van der Waals surface area contributed by atoms with Crippen molar-refractivity contribution in [1.29, 1.82) is 0 Å². The van der Waals surface area contributed by atoms with Crippen LogP contribution < -0.4 is 56.7 Å². The maximum atomic E-state index is 12.3. The van der Waals surface area contributed by atoms with Gasteiger partial charge in [-0.3, -0.25) is 9.69 Å². The summed E-state index contributed by atoms with van der Waals surface area (Å²) < 4.78 is 27.9. The average molecular weight is 416 g/mol. The van der Waals surface area contributed by atoms with Gasteiger partial charge in [0, 0.05) is 12.6 Å². The van der Waals surface area contributed by atoms with Gasteiger partial charge in [0.15, 0.2) is 16.1 Å². The summed E-state index contributed by atoms with van der Waals surface area (Å²) >= 11 is 0. The molecule has 8 heteroatoms. The summed E-state index contributed by atoms with van der Waals surface area (Å²) in [6.45, 7) is 3.44. The molecule has 0 aromatic heterocycles. The number of amides is 2. The van der Waals surface area contributed by atoms with Gasteiger partial charge in [0.05, 0.1) is 5.75 Å². The predicted octanol–water partition coefficient (Wildman–Crippen LogP) is -0.00240. The minimum Gasteiger partial charge on any atom is -0.423 e. The van der Waals surface area contributed by atoms with E-state index in [1.165, 1.54) is 22.3 Å². The van der Waals surface area contributed by atoms with Gasteiger partial charge in [0.25, 0.3) is 0 Å². The number of fused-ring (bicyclic) bond motifs is 2. The molecule has 1 N–H and O–H groups in total. The quantitative estimate of drug-likeness (QED) is 0.687. The molecule has 1 atom stereocenters. The molecule has 1 heterocycles. The van der Waals surface area contributed by atoms with E-state index in [9.17, 15) is 13.2 Å². The van der Waals surface area contributed by atoms with E-state index in [1.807, 2.05) is 0 Å². The number of nitrogens with one attached hydrogen (secondary N) is 1. The fourth-order valence-electron chi connectivity index (χ4n) is 4.40. The molecule has 0 radical (unpaired) electrons. The molecule has 142 valence electrons. The summed E-state index contributed by atoms with van der Waals surface area (Å²) in [5.74, 6) is -0.101. The largest absolute Gasteiger partial charge is 1.00 e. The van der Waals surface area contributed by atoms with Crippen LogP contribution in [0, 0.1) is 0 Å². The van der Waals surface area contributed by atoms with Crippen LogP contribution in [0.25, 0.3) is 4.72 Å². The Morgan fingerprint density at radius 3 is 2.33 bits per heavy atom. The van der Waals surface area contributed by atoms with E-state index in [4.69, 9.17) is 0 Å². The summed E-state index contributed by atoms with van der Waals surface area (Å²) in [6, 6.07) is 1.95. The first kappa shape index (κ1) is 21.7. The van der Waals surface area contributed by atoms with Gasteiger partial charge in [-0.2, -0.15) is 0 Å². The third-order valence-corrected chi connectivity index (χ3v) is 7.16. The molecule has 6 nitrogen and oxygen atoms in total. The Morgan fingerprint density at radius 2 is 1.81 bits per heavy atom. The zero-order chi connectivity index (χ0) is 18.3. The van der Waals surface area contributed by atoms with Crippen molar-refractivity contribution in [3.05, 3.63) is 33.0 Å². The summed E-state index contributed by atoms with van der Waals surface area (Å²) in [4.78, 5) is 14.4. The Bertz CT molecular complexity index is 809. The van der Waals surface area contributed by atoms with Gasteiger partial charge in [-0.1, -0.05) is 6.07 Å². The van der Waals surface area contributed by atoms with E-state index in [2.05, 4.69) is 27.9 Å². The van der Waals surface area contributed by atoms with Crippen molar-refractivity contribution in [2.45, 2.75) is 57.9 Å². The number of carbonyl (C=O) groups is 1. The second-order valence-electron chi connectivity index (χ2n) is 7.72. The number of nitrogens with zero attached hydrogens (tertiary/aromatic N) is 2. The molecule has 1 fully saturated rings. The van der Waals surface area contributed by atoms with E-state index in [0.29, 0.717) is 12.6 Å². The van der Waals surface area contributed by atoms with Gasteiger partial charge in [0.1, 0.15) is 0 Å². The van der Waals surface area contributed by atoms with Crippen LogP contribution in [-0.4, -0.2) is 44.2 Å². The van der Waals surface area contributed by atoms with Crippen LogP contribution in [0.5, 0.6) is 0 Å². The van der Waals surface area contributed by atoms with Crippen molar-refractivity contribution in [3.63, 3.8) is 0 Å². The Morgan fingerprint density at radius 1 is 1.19 bits per heavy atom. The molecule has 1 aromatic rings. The molecule has 27 heavy (non-hydrogen) atoms. The second kappa shape index (κ2) is 8.81. The molecule has 1 saturated heterocycles. The standard InChI is InChI=1S/C19H27N3O3S.K/c1-13-8-9-22(13)10-11-26(24,25)21-19(23)20-18-16-6-2-4-14(16)12-15-5-3-7-17(15)18;/h12-13H,2-11H2,1H3,(H2,20,21,23);/q;+1/p-1. The van der Waals surface area contributed by atoms with Gasteiger partial charge < -0.3 is 10.0 Å². The summed E-state index contributed by atoms with van der Waals surface area (Å²) in [5.41, 5.74) is 5.81. The molecule has 0 spiro atoms. The fourth-order valence-corrected chi connectivity index (χ4v) is 5.26. The molecule has 0 saturated carbocycles. The number of carbonyl (C=O) groups excluding carboxylic acids is 1. The topological polar surface area (TPSA) is 80.6 Å². The molecule has 4 rings (SSSR count). The Hall–Kier alpha value is 0.0364. The third kappa shape index (κ3) is 4.79. The van der Waals surface area contributed by atoms with Crippen molar-refractivity contribution >= 4 is 21.7 Å². The molecular formula is C19H26KN3O3S. The molecule has 3 aliphatic rings. The number of aryl methyl sites for hydroxylation is 2. The number of sulfonamides is 1. The number of urea groups is 1. The van der Waals surface area contributed by atoms with Crippen molar-refractivity contribution in [2.75, 3.05) is 24.2 Å². The van der Waals surface area contributed by atoms with Crippen LogP contribution in [-0.2, 0) is 35.7 Å². The second-order valence-corrected chi connectivity index (χ2v) is 9.47. The molecule has 2 amide bonds. The summed E-state index contributed by atoms with van der Waals surface area (Å²) in [7, 11) is -3.75. The normalized spacial score (nSPS) is 21.0. The first-order valence-corrected chi connectivity index (χ1v) is 11.2. The van der Waals surface area contributed by atoms with Crippen molar-refractivity contribution in [2.24, 2.45) is 0 Å². The maximum absolute atomic E-state index is 12.3. The van der Waals surface area contributed by atoms with Crippen molar-refractivity contribution in [3.8, 4) is 0 Å². The zero-order valence-electron chi connectivity index (χ0n) is 16.3. The van der Waals surface area contributed by atoms with Gasteiger partial charge in [-0.25, -0.2) is 8.42 Å². The number of anilines is 1. The van der Waals surface area contributed by atoms with Crippen molar-refractivity contribution in [1.82, 2.24) is 4.90 Å². The maximum Gasteiger partial charge on any atom is 1.00 e.